The van der Waals surface area contributed by atoms with Gasteiger partial charge in [-0.2, -0.15) is 18.3 Å². The van der Waals surface area contributed by atoms with Gasteiger partial charge in [-0.1, -0.05) is 35.5 Å². The van der Waals surface area contributed by atoms with E-state index >= 15 is 0 Å². The number of amides is 1. The molecule has 0 saturated heterocycles. The van der Waals surface area contributed by atoms with Crippen LogP contribution >= 0.6 is 23.4 Å². The molecule has 0 atom stereocenters. The Morgan fingerprint density at radius 3 is 2.37 bits per heavy atom. The summed E-state index contributed by atoms with van der Waals surface area (Å²) < 4.78 is 45.4. The van der Waals surface area contributed by atoms with Crippen molar-refractivity contribution in [1.82, 2.24) is 20.2 Å². The van der Waals surface area contributed by atoms with Crippen LogP contribution in [0.25, 0.3) is 17.1 Å². The zero-order chi connectivity index (χ0) is 27.1. The fraction of sp³-hybridized carbons (Fsp3) is 0.154. The van der Waals surface area contributed by atoms with E-state index < -0.39 is 17.6 Å². The van der Waals surface area contributed by atoms with E-state index in [9.17, 15) is 18.0 Å². The number of ether oxygens (including phenoxy) is 1. The van der Waals surface area contributed by atoms with Gasteiger partial charge >= 0.3 is 6.18 Å². The normalized spacial score (nSPS) is 11.6. The second kappa shape index (κ2) is 12.1. The Hall–Kier alpha value is -3.83. The van der Waals surface area contributed by atoms with Crippen LogP contribution in [-0.4, -0.2) is 39.2 Å². The van der Waals surface area contributed by atoms with Gasteiger partial charge in [0, 0.05) is 16.3 Å². The number of aromatic nitrogens is 3. The summed E-state index contributed by atoms with van der Waals surface area (Å²) in [4.78, 5) is 12.4. The van der Waals surface area contributed by atoms with Crippen molar-refractivity contribution in [3.05, 3.63) is 88.9 Å². The summed E-state index contributed by atoms with van der Waals surface area (Å²) in [6, 6.07) is 19.0. The van der Waals surface area contributed by atoms with E-state index in [4.69, 9.17) is 16.3 Å². The summed E-state index contributed by atoms with van der Waals surface area (Å²) in [5, 5.41) is 13.5. The highest BCUT2D eigenvalue weighted by Gasteiger charge is 2.29. The van der Waals surface area contributed by atoms with Crippen molar-refractivity contribution in [1.29, 1.82) is 0 Å². The lowest BCUT2D eigenvalue weighted by Gasteiger charge is -2.11. The Labute approximate surface area is 225 Å². The fourth-order valence-electron chi connectivity index (χ4n) is 3.34. The topological polar surface area (TPSA) is 81.4 Å². The largest absolute Gasteiger partial charge is 0.494 e. The zero-order valence-corrected chi connectivity index (χ0v) is 21.5. The van der Waals surface area contributed by atoms with Gasteiger partial charge in [-0.05, 0) is 73.2 Å². The van der Waals surface area contributed by atoms with Crippen molar-refractivity contribution in [2.45, 2.75) is 18.3 Å². The van der Waals surface area contributed by atoms with Crippen LogP contribution in [0, 0.1) is 0 Å². The molecular weight excluding hydrogens is 539 g/mol. The number of hydrazone groups is 1. The zero-order valence-electron chi connectivity index (χ0n) is 19.9. The predicted octanol–water partition coefficient (Wildman–Crippen LogP) is 6.25. The number of nitrogens with zero attached hydrogens (tertiary/aromatic N) is 4. The average Bonchev–Trinajstić information content (AvgIpc) is 3.32. The van der Waals surface area contributed by atoms with Crippen molar-refractivity contribution in [3.8, 4) is 22.8 Å². The summed E-state index contributed by atoms with van der Waals surface area (Å²) in [6.45, 7) is 2.44. The third-order valence-corrected chi connectivity index (χ3v) is 6.30. The lowest BCUT2D eigenvalue weighted by atomic mass is 10.1. The number of halogens is 4. The molecule has 0 fully saturated rings. The van der Waals surface area contributed by atoms with Crippen LogP contribution in [0.4, 0.5) is 13.2 Å². The Morgan fingerprint density at radius 1 is 1.05 bits per heavy atom. The molecule has 4 rings (SSSR count). The molecule has 1 aromatic heterocycles. The minimum Gasteiger partial charge on any atom is -0.494 e. The maximum Gasteiger partial charge on any atom is 0.416 e. The predicted molar refractivity (Wildman–Crippen MR) is 141 cm³/mol. The Kier molecular flexibility index (Phi) is 8.70. The Bertz CT molecular complexity index is 1410. The second-order valence-electron chi connectivity index (χ2n) is 7.78. The Morgan fingerprint density at radius 2 is 1.74 bits per heavy atom. The number of carbonyl (C=O) groups excluding carboxylic acids is 1. The number of thioether (sulfide) groups is 1. The summed E-state index contributed by atoms with van der Waals surface area (Å²) in [6.07, 6.45) is -3.15. The van der Waals surface area contributed by atoms with Crippen LogP contribution < -0.4 is 10.2 Å². The molecule has 38 heavy (non-hydrogen) atoms. The molecule has 1 N–H and O–H groups in total. The van der Waals surface area contributed by atoms with Crippen LogP contribution in [-0.2, 0) is 11.0 Å². The van der Waals surface area contributed by atoms with Crippen LogP contribution in [0.3, 0.4) is 0 Å². The van der Waals surface area contributed by atoms with E-state index in [1.54, 1.807) is 12.1 Å². The number of rotatable bonds is 9. The molecule has 1 amide bonds. The molecular formula is C26H21ClF3N5O2S. The highest BCUT2D eigenvalue weighted by atomic mass is 35.5. The molecule has 0 aliphatic carbocycles. The van der Waals surface area contributed by atoms with Crippen LogP contribution in [0.5, 0.6) is 5.75 Å². The van der Waals surface area contributed by atoms with Crippen LogP contribution in [0.2, 0.25) is 5.02 Å². The first-order chi connectivity index (χ1) is 18.2. The van der Waals surface area contributed by atoms with Crippen molar-refractivity contribution in [2.24, 2.45) is 5.10 Å². The molecule has 0 aliphatic rings. The van der Waals surface area contributed by atoms with Gasteiger partial charge in [0.25, 0.3) is 5.91 Å². The summed E-state index contributed by atoms with van der Waals surface area (Å²) in [5.74, 6) is 0.832. The van der Waals surface area contributed by atoms with E-state index in [0.717, 1.165) is 40.9 Å². The second-order valence-corrected chi connectivity index (χ2v) is 9.16. The number of benzene rings is 3. The smallest absolute Gasteiger partial charge is 0.416 e. The molecule has 0 spiro atoms. The van der Waals surface area contributed by atoms with Gasteiger partial charge in [0.05, 0.1) is 24.1 Å². The van der Waals surface area contributed by atoms with Crippen molar-refractivity contribution >= 4 is 35.5 Å². The van der Waals surface area contributed by atoms with Crippen molar-refractivity contribution < 1.29 is 22.7 Å². The minimum absolute atomic E-state index is 0.0276. The standard InChI is InChI=1S/C26H21ClF3N5O2S/c1-2-37-22-13-11-21(12-14-22)35-24(18-5-9-20(27)10-6-18)33-34-25(35)38-16-23(36)32-31-15-17-3-7-19(8-4-17)26(28,29)30/h3-15H,2,16H2,1H3,(H,32,36)/b31-15-. The van der Waals surface area contributed by atoms with Crippen molar-refractivity contribution in [2.75, 3.05) is 12.4 Å². The molecule has 0 radical (unpaired) electrons. The van der Waals surface area contributed by atoms with E-state index in [1.807, 2.05) is 47.9 Å². The highest BCUT2D eigenvalue weighted by molar-refractivity contribution is 7.99. The molecule has 196 valence electrons. The summed E-state index contributed by atoms with van der Waals surface area (Å²) in [7, 11) is 0. The van der Waals surface area contributed by atoms with Gasteiger partial charge in [0.1, 0.15) is 5.75 Å². The molecule has 3 aromatic carbocycles. The molecule has 4 aromatic rings. The quantitative estimate of drug-likeness (QED) is 0.149. The van der Waals surface area contributed by atoms with Gasteiger partial charge in [0.2, 0.25) is 0 Å². The third kappa shape index (κ3) is 6.93. The van der Waals surface area contributed by atoms with E-state index in [2.05, 4.69) is 20.7 Å². The van der Waals surface area contributed by atoms with Crippen molar-refractivity contribution in [3.63, 3.8) is 0 Å². The minimum atomic E-state index is -4.42. The van der Waals surface area contributed by atoms with Crippen LogP contribution in [0.1, 0.15) is 18.1 Å². The van der Waals surface area contributed by atoms with E-state index in [0.29, 0.717) is 28.2 Å². The van der Waals surface area contributed by atoms with Crippen LogP contribution in [0.15, 0.2) is 83.1 Å². The van der Waals surface area contributed by atoms with Gasteiger partial charge in [-0.25, -0.2) is 5.43 Å². The number of nitrogens with one attached hydrogen (secondary N) is 1. The van der Waals surface area contributed by atoms with Gasteiger partial charge in [-0.3, -0.25) is 9.36 Å². The molecule has 0 aliphatic heterocycles. The number of alkyl halides is 3. The maximum atomic E-state index is 12.7. The first-order valence-electron chi connectivity index (χ1n) is 11.3. The molecule has 1 heterocycles. The third-order valence-electron chi connectivity index (χ3n) is 5.11. The van der Waals surface area contributed by atoms with E-state index in [1.165, 1.54) is 18.3 Å². The first kappa shape index (κ1) is 27.2. The number of carbonyl (C=O) groups is 1. The SMILES string of the molecule is CCOc1ccc(-n2c(SCC(=O)N/N=C\c3ccc(C(F)(F)F)cc3)nnc2-c2ccc(Cl)cc2)cc1. The lowest BCUT2D eigenvalue weighted by molar-refractivity contribution is -0.137. The summed E-state index contributed by atoms with van der Waals surface area (Å²) >= 11 is 7.19. The molecule has 12 heteroatoms. The molecule has 0 bridgehead atoms. The maximum absolute atomic E-state index is 12.7. The van der Waals surface area contributed by atoms with Gasteiger partial charge < -0.3 is 4.74 Å². The number of hydrogen-bond donors (Lipinski definition) is 1. The molecule has 7 nitrogen and oxygen atoms in total. The fourth-order valence-corrected chi connectivity index (χ4v) is 4.21. The van der Waals surface area contributed by atoms with Gasteiger partial charge in [0.15, 0.2) is 11.0 Å². The lowest BCUT2D eigenvalue weighted by Crippen LogP contribution is -2.20. The molecule has 0 unspecified atom stereocenters. The van der Waals surface area contributed by atoms with Gasteiger partial charge in [-0.15, -0.1) is 10.2 Å². The Balaban J connectivity index is 1.47. The van der Waals surface area contributed by atoms with E-state index in [-0.39, 0.29) is 5.75 Å². The summed E-state index contributed by atoms with van der Waals surface area (Å²) in [5.41, 5.74) is 3.58. The average molecular weight is 560 g/mol. The molecule has 0 saturated carbocycles. The number of hydrogen-bond acceptors (Lipinski definition) is 6. The highest BCUT2D eigenvalue weighted by Crippen LogP contribution is 2.30. The monoisotopic (exact) mass is 559 g/mol. The first-order valence-corrected chi connectivity index (χ1v) is 12.7.